The molecule has 0 radical (unpaired) electrons. The second kappa shape index (κ2) is 8.44. The number of fused-ring (bicyclic) bond motifs is 1. The van der Waals surface area contributed by atoms with E-state index in [0.29, 0.717) is 0 Å². The Morgan fingerprint density at radius 3 is 1.88 bits per heavy atom. The fraction of sp³-hybridized carbons (Fsp3) is 0.0625. The number of benzene rings is 4. The molecule has 0 saturated heterocycles. The van der Waals surface area contributed by atoms with E-state index in [1.165, 1.54) is 50.5 Å². The maximum atomic E-state index is 2.44. The first-order valence-electron chi connectivity index (χ1n) is 11.6. The van der Waals surface area contributed by atoms with Gasteiger partial charge in [0.15, 0.2) is 0 Å². The molecule has 6 rings (SSSR count). The number of anilines is 2. The molecule has 4 aromatic carbocycles. The minimum Gasteiger partial charge on any atom is -0.310 e. The SMILES string of the molecule is C1=CC2=C(C=Cc3ccccc3N2c2cc(-c3ccccc3)cc(-c3ccccc3)c2)CC1. The van der Waals surface area contributed by atoms with Crippen molar-refractivity contribution in [2.75, 3.05) is 4.90 Å². The smallest absolute Gasteiger partial charge is 0.0534 e. The molecular weight excluding hydrogens is 398 g/mol. The Kier molecular flexibility index (Phi) is 5.01. The van der Waals surface area contributed by atoms with E-state index in [0.717, 1.165) is 12.8 Å². The van der Waals surface area contributed by atoms with Crippen LogP contribution in [0.2, 0.25) is 0 Å². The van der Waals surface area contributed by atoms with E-state index in [-0.39, 0.29) is 0 Å². The second-order valence-corrected chi connectivity index (χ2v) is 8.58. The molecule has 1 aliphatic carbocycles. The molecule has 0 spiro atoms. The van der Waals surface area contributed by atoms with Gasteiger partial charge in [0.05, 0.1) is 5.69 Å². The molecule has 0 unspecified atom stereocenters. The van der Waals surface area contributed by atoms with Crippen molar-refractivity contribution in [1.29, 1.82) is 0 Å². The summed E-state index contributed by atoms with van der Waals surface area (Å²) in [6.45, 7) is 0. The molecule has 1 nitrogen and oxygen atoms in total. The molecule has 1 aliphatic heterocycles. The molecule has 0 atom stereocenters. The van der Waals surface area contributed by atoms with Gasteiger partial charge in [0.1, 0.15) is 0 Å². The average molecular weight is 424 g/mol. The topological polar surface area (TPSA) is 3.24 Å². The number of para-hydroxylation sites is 1. The van der Waals surface area contributed by atoms with Crippen LogP contribution in [0.4, 0.5) is 11.4 Å². The Morgan fingerprint density at radius 1 is 0.545 bits per heavy atom. The molecule has 33 heavy (non-hydrogen) atoms. The highest BCUT2D eigenvalue weighted by Gasteiger charge is 2.23. The number of hydrogen-bond donors (Lipinski definition) is 0. The summed E-state index contributed by atoms with van der Waals surface area (Å²) in [5.74, 6) is 0. The minimum atomic E-state index is 1.07. The van der Waals surface area contributed by atoms with Gasteiger partial charge in [-0.1, -0.05) is 97.1 Å². The van der Waals surface area contributed by atoms with Gasteiger partial charge in [-0.3, -0.25) is 0 Å². The van der Waals surface area contributed by atoms with Gasteiger partial charge in [-0.05, 0) is 76.6 Å². The molecule has 0 saturated carbocycles. The molecular formula is C32H25N. The molecule has 0 amide bonds. The van der Waals surface area contributed by atoms with E-state index in [4.69, 9.17) is 0 Å². The quantitative estimate of drug-likeness (QED) is 0.318. The molecule has 1 heteroatoms. The predicted molar refractivity (Wildman–Crippen MR) is 140 cm³/mol. The maximum absolute atomic E-state index is 2.44. The predicted octanol–water partition coefficient (Wildman–Crippen LogP) is 8.79. The van der Waals surface area contributed by atoms with Crippen LogP contribution in [-0.2, 0) is 0 Å². The van der Waals surface area contributed by atoms with Gasteiger partial charge in [-0.15, -0.1) is 0 Å². The van der Waals surface area contributed by atoms with Gasteiger partial charge < -0.3 is 4.90 Å². The highest BCUT2D eigenvalue weighted by atomic mass is 15.2. The van der Waals surface area contributed by atoms with E-state index in [2.05, 4.69) is 132 Å². The lowest BCUT2D eigenvalue weighted by molar-refractivity contribution is 0.955. The van der Waals surface area contributed by atoms with Crippen molar-refractivity contribution < 1.29 is 0 Å². The highest BCUT2D eigenvalue weighted by molar-refractivity contribution is 5.86. The fourth-order valence-corrected chi connectivity index (χ4v) is 4.82. The zero-order valence-electron chi connectivity index (χ0n) is 18.5. The molecule has 0 bridgehead atoms. The van der Waals surface area contributed by atoms with Gasteiger partial charge in [0.2, 0.25) is 0 Å². The molecule has 4 aromatic rings. The zero-order valence-corrected chi connectivity index (χ0v) is 18.5. The average Bonchev–Trinajstić information content (AvgIpc) is 3.06. The van der Waals surface area contributed by atoms with Gasteiger partial charge in [-0.25, -0.2) is 0 Å². The standard InChI is InChI=1S/C32H25N/c1-3-11-24(12-4-1)28-21-29(25-13-5-2-6-14-25)23-30(22-28)33-31-17-9-7-15-26(31)19-20-27-16-8-10-18-32(27)33/h1-7,9-15,17-23H,8,16H2. The first-order valence-corrected chi connectivity index (χ1v) is 11.6. The Hall–Kier alpha value is -4.10. The lowest BCUT2D eigenvalue weighted by atomic mass is 9.96. The summed E-state index contributed by atoms with van der Waals surface area (Å²) in [5, 5.41) is 0. The summed E-state index contributed by atoms with van der Waals surface area (Å²) >= 11 is 0. The van der Waals surface area contributed by atoms with Crippen LogP contribution < -0.4 is 4.90 Å². The Balaban J connectivity index is 1.61. The van der Waals surface area contributed by atoms with Crippen molar-refractivity contribution in [3.8, 4) is 22.3 Å². The number of hydrogen-bond acceptors (Lipinski definition) is 1. The third-order valence-electron chi connectivity index (χ3n) is 6.46. The van der Waals surface area contributed by atoms with E-state index in [9.17, 15) is 0 Å². The van der Waals surface area contributed by atoms with Gasteiger partial charge in [0, 0.05) is 11.4 Å². The largest absolute Gasteiger partial charge is 0.310 e. The van der Waals surface area contributed by atoms with Crippen LogP contribution >= 0.6 is 0 Å². The minimum absolute atomic E-state index is 1.07. The first-order chi connectivity index (χ1) is 16.4. The number of rotatable bonds is 3. The molecule has 2 aliphatic rings. The van der Waals surface area contributed by atoms with Crippen LogP contribution in [0.3, 0.4) is 0 Å². The summed E-state index contributed by atoms with van der Waals surface area (Å²) in [4.78, 5) is 2.44. The molecule has 0 aromatic heterocycles. The second-order valence-electron chi connectivity index (χ2n) is 8.58. The summed E-state index contributed by atoms with van der Waals surface area (Å²) < 4.78 is 0. The van der Waals surface area contributed by atoms with Crippen LogP contribution in [0.25, 0.3) is 28.3 Å². The molecule has 1 heterocycles. The Bertz CT molecular complexity index is 1330. The Labute approximate surface area is 195 Å². The highest BCUT2D eigenvalue weighted by Crippen LogP contribution is 2.42. The molecule has 0 N–H and O–H groups in total. The van der Waals surface area contributed by atoms with Crippen LogP contribution in [0.5, 0.6) is 0 Å². The van der Waals surface area contributed by atoms with Gasteiger partial charge >= 0.3 is 0 Å². The van der Waals surface area contributed by atoms with Crippen molar-refractivity contribution in [3.05, 3.63) is 138 Å². The van der Waals surface area contributed by atoms with Crippen molar-refractivity contribution in [3.63, 3.8) is 0 Å². The van der Waals surface area contributed by atoms with Crippen molar-refractivity contribution in [2.45, 2.75) is 12.8 Å². The summed E-state index contributed by atoms with van der Waals surface area (Å²) in [6.07, 6.45) is 11.3. The first kappa shape index (κ1) is 19.6. The van der Waals surface area contributed by atoms with Crippen LogP contribution in [0.15, 0.2) is 133 Å². The van der Waals surface area contributed by atoms with Crippen molar-refractivity contribution in [2.24, 2.45) is 0 Å². The zero-order chi connectivity index (χ0) is 22.0. The van der Waals surface area contributed by atoms with Crippen molar-refractivity contribution >= 4 is 17.5 Å². The molecule has 0 fully saturated rings. The third-order valence-corrected chi connectivity index (χ3v) is 6.46. The summed E-state index contributed by atoms with van der Waals surface area (Å²) in [7, 11) is 0. The lowest BCUT2D eigenvalue weighted by Crippen LogP contribution is -2.18. The fourth-order valence-electron chi connectivity index (χ4n) is 4.82. The van der Waals surface area contributed by atoms with Gasteiger partial charge in [-0.2, -0.15) is 0 Å². The summed E-state index contributed by atoms with van der Waals surface area (Å²) in [5.41, 5.74) is 11.2. The van der Waals surface area contributed by atoms with E-state index >= 15 is 0 Å². The van der Waals surface area contributed by atoms with Gasteiger partial charge in [0.25, 0.3) is 0 Å². The maximum Gasteiger partial charge on any atom is 0.0534 e. The van der Waals surface area contributed by atoms with E-state index in [1.807, 2.05) is 0 Å². The third kappa shape index (κ3) is 3.72. The number of nitrogens with zero attached hydrogens (tertiary/aromatic N) is 1. The monoisotopic (exact) mass is 423 g/mol. The van der Waals surface area contributed by atoms with E-state index in [1.54, 1.807) is 0 Å². The van der Waals surface area contributed by atoms with Crippen LogP contribution in [-0.4, -0.2) is 0 Å². The summed E-state index contributed by atoms with van der Waals surface area (Å²) in [6, 6.07) is 37.0. The lowest BCUT2D eigenvalue weighted by Gasteiger charge is -2.30. The normalized spacial score (nSPS) is 14.6. The number of allylic oxidation sites excluding steroid dienone is 4. The van der Waals surface area contributed by atoms with Crippen LogP contribution in [0, 0.1) is 0 Å². The Morgan fingerprint density at radius 2 is 1.18 bits per heavy atom. The van der Waals surface area contributed by atoms with E-state index < -0.39 is 0 Å². The van der Waals surface area contributed by atoms with Crippen LogP contribution in [0.1, 0.15) is 18.4 Å². The van der Waals surface area contributed by atoms with Crippen molar-refractivity contribution in [1.82, 2.24) is 0 Å². The molecule has 158 valence electrons.